The maximum atomic E-state index is 11.7. The maximum absolute atomic E-state index is 11.7. The summed E-state index contributed by atoms with van der Waals surface area (Å²) in [7, 11) is 0. The van der Waals surface area contributed by atoms with E-state index in [-0.39, 0.29) is 5.97 Å². The Hall–Kier alpha value is -1.32. The van der Waals surface area contributed by atoms with Crippen LogP contribution in [0.2, 0.25) is 0 Å². The van der Waals surface area contributed by atoms with Crippen LogP contribution in [0.5, 0.6) is 0 Å². The standard InChI is InChI=1S/C15H26N2O2/c1-6-13-12(9-15(18)19-8-3)14(7-2)17(16-13)10-11(4)5/h11H,6-10H2,1-5H3. The first-order chi connectivity index (χ1) is 9.03. The van der Waals surface area contributed by atoms with Gasteiger partial charge in [0.1, 0.15) is 0 Å². The Labute approximate surface area is 116 Å². The second-order valence-corrected chi connectivity index (χ2v) is 5.14. The van der Waals surface area contributed by atoms with Gasteiger partial charge in [-0.05, 0) is 25.7 Å². The van der Waals surface area contributed by atoms with Crippen molar-refractivity contribution in [1.82, 2.24) is 9.78 Å². The van der Waals surface area contributed by atoms with Gasteiger partial charge in [0.25, 0.3) is 0 Å². The van der Waals surface area contributed by atoms with Crippen molar-refractivity contribution in [3.05, 3.63) is 17.0 Å². The molecule has 1 rings (SSSR count). The molecule has 108 valence electrons. The fraction of sp³-hybridized carbons (Fsp3) is 0.733. The van der Waals surface area contributed by atoms with Gasteiger partial charge in [0.15, 0.2) is 0 Å². The maximum Gasteiger partial charge on any atom is 0.310 e. The van der Waals surface area contributed by atoms with Gasteiger partial charge in [-0.3, -0.25) is 9.48 Å². The van der Waals surface area contributed by atoms with E-state index in [4.69, 9.17) is 4.74 Å². The molecular formula is C15H26N2O2. The van der Waals surface area contributed by atoms with E-state index in [0.717, 1.165) is 30.6 Å². The number of nitrogens with zero attached hydrogens (tertiary/aromatic N) is 2. The van der Waals surface area contributed by atoms with Gasteiger partial charge < -0.3 is 4.74 Å². The summed E-state index contributed by atoms with van der Waals surface area (Å²) < 4.78 is 7.13. The van der Waals surface area contributed by atoms with Crippen LogP contribution in [0.25, 0.3) is 0 Å². The molecule has 1 aromatic heterocycles. The summed E-state index contributed by atoms with van der Waals surface area (Å²) in [6.45, 7) is 11.7. The predicted octanol–water partition coefficient (Wildman–Crippen LogP) is 2.77. The normalized spacial score (nSPS) is 11.1. The minimum atomic E-state index is -0.156. The number of ether oxygens (including phenoxy) is 1. The average Bonchev–Trinajstić information content (AvgIpc) is 2.65. The molecule has 0 unspecified atom stereocenters. The van der Waals surface area contributed by atoms with E-state index in [9.17, 15) is 4.79 Å². The Bertz CT molecular complexity index is 422. The van der Waals surface area contributed by atoms with E-state index in [0.29, 0.717) is 18.9 Å². The smallest absolute Gasteiger partial charge is 0.310 e. The van der Waals surface area contributed by atoms with Crippen LogP contribution < -0.4 is 0 Å². The number of aromatic nitrogens is 2. The fourth-order valence-electron chi connectivity index (χ4n) is 2.33. The molecular weight excluding hydrogens is 240 g/mol. The molecule has 0 bridgehead atoms. The summed E-state index contributed by atoms with van der Waals surface area (Å²) in [5, 5.41) is 4.66. The van der Waals surface area contributed by atoms with Crippen molar-refractivity contribution in [2.75, 3.05) is 6.61 Å². The largest absolute Gasteiger partial charge is 0.466 e. The first-order valence-corrected chi connectivity index (χ1v) is 7.26. The number of hydrogen-bond donors (Lipinski definition) is 0. The van der Waals surface area contributed by atoms with Crippen LogP contribution in [0.15, 0.2) is 0 Å². The number of rotatable bonds is 7. The number of carbonyl (C=O) groups excluding carboxylic acids is 1. The highest BCUT2D eigenvalue weighted by atomic mass is 16.5. The van der Waals surface area contributed by atoms with Crippen LogP contribution in [-0.2, 0) is 35.3 Å². The number of esters is 1. The molecule has 4 nitrogen and oxygen atoms in total. The zero-order valence-electron chi connectivity index (χ0n) is 12.8. The Morgan fingerprint density at radius 1 is 1.26 bits per heavy atom. The summed E-state index contributed by atoms with van der Waals surface area (Å²) in [5.41, 5.74) is 3.29. The van der Waals surface area contributed by atoms with E-state index < -0.39 is 0 Å². The average molecular weight is 266 g/mol. The van der Waals surface area contributed by atoms with Crippen molar-refractivity contribution >= 4 is 5.97 Å². The lowest BCUT2D eigenvalue weighted by molar-refractivity contribution is -0.142. The second-order valence-electron chi connectivity index (χ2n) is 5.14. The Kier molecular flexibility index (Phi) is 6.06. The van der Waals surface area contributed by atoms with Crippen molar-refractivity contribution in [3.8, 4) is 0 Å². The van der Waals surface area contributed by atoms with Gasteiger partial charge in [0, 0.05) is 17.8 Å². The van der Waals surface area contributed by atoms with Crippen molar-refractivity contribution < 1.29 is 9.53 Å². The molecule has 0 amide bonds. The molecule has 0 aliphatic heterocycles. The minimum Gasteiger partial charge on any atom is -0.466 e. The quantitative estimate of drug-likeness (QED) is 0.713. The van der Waals surface area contributed by atoms with Gasteiger partial charge in [-0.2, -0.15) is 5.10 Å². The van der Waals surface area contributed by atoms with E-state index in [1.54, 1.807) is 0 Å². The van der Waals surface area contributed by atoms with Crippen molar-refractivity contribution in [1.29, 1.82) is 0 Å². The number of hydrogen-bond acceptors (Lipinski definition) is 3. The lowest BCUT2D eigenvalue weighted by Crippen LogP contribution is -2.12. The molecule has 1 heterocycles. The highest BCUT2D eigenvalue weighted by Gasteiger charge is 2.19. The first-order valence-electron chi connectivity index (χ1n) is 7.26. The Morgan fingerprint density at radius 3 is 2.42 bits per heavy atom. The SMILES string of the molecule is CCOC(=O)Cc1c(CC)nn(CC(C)C)c1CC. The van der Waals surface area contributed by atoms with E-state index in [2.05, 4.69) is 37.5 Å². The first kappa shape index (κ1) is 15.7. The van der Waals surface area contributed by atoms with Crippen LogP contribution >= 0.6 is 0 Å². The molecule has 0 fully saturated rings. The molecule has 0 saturated carbocycles. The molecule has 19 heavy (non-hydrogen) atoms. The van der Waals surface area contributed by atoms with Crippen LogP contribution in [0.4, 0.5) is 0 Å². The van der Waals surface area contributed by atoms with Crippen molar-refractivity contribution in [3.63, 3.8) is 0 Å². The highest BCUT2D eigenvalue weighted by molar-refractivity contribution is 5.73. The van der Waals surface area contributed by atoms with Crippen molar-refractivity contribution in [2.24, 2.45) is 5.92 Å². The third kappa shape index (κ3) is 4.08. The lowest BCUT2D eigenvalue weighted by atomic mass is 10.1. The Balaban J connectivity index is 3.05. The predicted molar refractivity (Wildman–Crippen MR) is 76.2 cm³/mol. The van der Waals surface area contributed by atoms with Gasteiger partial charge in [-0.15, -0.1) is 0 Å². The summed E-state index contributed by atoms with van der Waals surface area (Å²) in [6.07, 6.45) is 2.10. The molecule has 0 aliphatic carbocycles. The van der Waals surface area contributed by atoms with Gasteiger partial charge in [-0.1, -0.05) is 27.7 Å². The lowest BCUT2D eigenvalue weighted by Gasteiger charge is -2.10. The van der Waals surface area contributed by atoms with Gasteiger partial charge >= 0.3 is 5.97 Å². The van der Waals surface area contributed by atoms with E-state index >= 15 is 0 Å². The van der Waals surface area contributed by atoms with Crippen molar-refractivity contribution in [2.45, 2.75) is 60.4 Å². The minimum absolute atomic E-state index is 0.156. The molecule has 0 atom stereocenters. The summed E-state index contributed by atoms with van der Waals surface area (Å²) in [4.78, 5) is 11.7. The summed E-state index contributed by atoms with van der Waals surface area (Å²) in [6, 6.07) is 0. The van der Waals surface area contributed by atoms with Crippen LogP contribution in [0.1, 0.15) is 51.6 Å². The van der Waals surface area contributed by atoms with Gasteiger partial charge in [-0.25, -0.2) is 0 Å². The molecule has 1 aromatic rings. The zero-order chi connectivity index (χ0) is 14.4. The summed E-state index contributed by atoms with van der Waals surface area (Å²) in [5.74, 6) is 0.390. The van der Waals surface area contributed by atoms with Crippen LogP contribution in [0.3, 0.4) is 0 Å². The van der Waals surface area contributed by atoms with E-state index in [1.165, 1.54) is 5.69 Å². The van der Waals surface area contributed by atoms with Gasteiger partial charge in [0.05, 0.1) is 18.7 Å². The van der Waals surface area contributed by atoms with Gasteiger partial charge in [0.2, 0.25) is 0 Å². The molecule has 0 aliphatic rings. The molecule has 0 spiro atoms. The van der Waals surface area contributed by atoms with Crippen LogP contribution in [-0.4, -0.2) is 22.4 Å². The van der Waals surface area contributed by atoms with E-state index in [1.807, 2.05) is 6.92 Å². The highest BCUT2D eigenvalue weighted by Crippen LogP contribution is 2.19. The monoisotopic (exact) mass is 266 g/mol. The molecule has 0 radical (unpaired) electrons. The third-order valence-electron chi connectivity index (χ3n) is 3.08. The number of aryl methyl sites for hydroxylation is 1. The third-order valence-corrected chi connectivity index (χ3v) is 3.08. The zero-order valence-corrected chi connectivity index (χ0v) is 12.8. The molecule has 0 aromatic carbocycles. The molecule has 0 N–H and O–H groups in total. The molecule has 4 heteroatoms. The fourth-order valence-corrected chi connectivity index (χ4v) is 2.33. The summed E-state index contributed by atoms with van der Waals surface area (Å²) >= 11 is 0. The second kappa shape index (κ2) is 7.31. The molecule has 0 saturated heterocycles. The number of carbonyl (C=O) groups is 1. The van der Waals surface area contributed by atoms with Crippen LogP contribution in [0, 0.1) is 5.92 Å². The Morgan fingerprint density at radius 2 is 1.95 bits per heavy atom. The topological polar surface area (TPSA) is 44.1 Å².